The van der Waals surface area contributed by atoms with E-state index in [4.69, 9.17) is 5.73 Å². The second kappa shape index (κ2) is 4.27. The predicted octanol–water partition coefficient (Wildman–Crippen LogP) is 2.65. The van der Waals surface area contributed by atoms with Crippen LogP contribution < -0.4 is 5.73 Å². The van der Waals surface area contributed by atoms with Crippen LogP contribution in [0.15, 0.2) is 0 Å². The van der Waals surface area contributed by atoms with E-state index in [0.717, 1.165) is 30.2 Å². The summed E-state index contributed by atoms with van der Waals surface area (Å²) in [5, 5.41) is 0. The number of rotatable bonds is 2. The molecule has 1 aliphatic rings. The van der Waals surface area contributed by atoms with E-state index < -0.39 is 0 Å². The van der Waals surface area contributed by atoms with Crippen molar-refractivity contribution >= 4 is 0 Å². The summed E-state index contributed by atoms with van der Waals surface area (Å²) in [5.41, 5.74) is 5.79. The molecule has 1 nitrogen and oxygen atoms in total. The molecule has 0 spiro atoms. The predicted molar refractivity (Wildman–Crippen MR) is 53.9 cm³/mol. The Morgan fingerprint density at radius 1 is 1.33 bits per heavy atom. The fourth-order valence-corrected chi connectivity index (χ4v) is 2.67. The summed E-state index contributed by atoms with van der Waals surface area (Å²) in [5.74, 6) is 3.43. The first-order valence-corrected chi connectivity index (χ1v) is 5.35. The molecule has 1 rings (SSSR count). The smallest absolute Gasteiger partial charge is 0.00460 e. The quantitative estimate of drug-likeness (QED) is 0.675. The van der Waals surface area contributed by atoms with Crippen molar-refractivity contribution in [1.82, 2.24) is 0 Å². The molecule has 0 saturated heterocycles. The Morgan fingerprint density at radius 2 is 2.00 bits per heavy atom. The zero-order valence-corrected chi connectivity index (χ0v) is 8.72. The van der Waals surface area contributed by atoms with Crippen LogP contribution in [0.3, 0.4) is 0 Å². The molecule has 1 fully saturated rings. The normalized spacial score (nSPS) is 37.2. The van der Waals surface area contributed by atoms with Crippen LogP contribution in [0.2, 0.25) is 0 Å². The van der Waals surface area contributed by atoms with Gasteiger partial charge in [-0.1, -0.05) is 27.2 Å². The molecule has 0 bridgehead atoms. The summed E-state index contributed by atoms with van der Waals surface area (Å²) >= 11 is 0. The van der Waals surface area contributed by atoms with E-state index in [9.17, 15) is 0 Å². The van der Waals surface area contributed by atoms with Crippen LogP contribution in [-0.4, -0.2) is 6.54 Å². The SMILES string of the molecule is CC(C)[C@@H]1CC[C@@H](C)C[C@H]1CN. The second-order valence-electron chi connectivity index (χ2n) is 4.82. The second-order valence-corrected chi connectivity index (χ2v) is 4.82. The molecule has 1 saturated carbocycles. The summed E-state index contributed by atoms with van der Waals surface area (Å²) < 4.78 is 0. The summed E-state index contributed by atoms with van der Waals surface area (Å²) in [6.45, 7) is 7.93. The van der Waals surface area contributed by atoms with Crippen molar-refractivity contribution < 1.29 is 0 Å². The molecule has 1 heteroatoms. The van der Waals surface area contributed by atoms with Gasteiger partial charge < -0.3 is 5.73 Å². The van der Waals surface area contributed by atoms with Gasteiger partial charge in [-0.3, -0.25) is 0 Å². The standard InChI is InChI=1S/C11H23N/c1-8(2)11-5-4-9(3)6-10(11)7-12/h8-11H,4-7,12H2,1-3H3/t9-,10+,11+/m1/s1. The average molecular weight is 169 g/mol. The highest BCUT2D eigenvalue weighted by atomic mass is 14.6. The lowest BCUT2D eigenvalue weighted by Crippen LogP contribution is -2.32. The van der Waals surface area contributed by atoms with Gasteiger partial charge in [0.15, 0.2) is 0 Å². The number of hydrogen-bond acceptors (Lipinski definition) is 1. The molecular formula is C11H23N. The van der Waals surface area contributed by atoms with Crippen molar-refractivity contribution in [2.45, 2.75) is 40.0 Å². The Labute approximate surface area is 76.7 Å². The Kier molecular flexibility index (Phi) is 3.57. The third kappa shape index (κ3) is 2.22. The fraction of sp³-hybridized carbons (Fsp3) is 1.00. The van der Waals surface area contributed by atoms with Crippen molar-refractivity contribution in [2.24, 2.45) is 29.4 Å². The molecule has 2 N–H and O–H groups in total. The highest BCUT2D eigenvalue weighted by Crippen LogP contribution is 2.37. The van der Waals surface area contributed by atoms with Gasteiger partial charge in [-0.25, -0.2) is 0 Å². The van der Waals surface area contributed by atoms with Crippen LogP contribution in [0.5, 0.6) is 0 Å². The van der Waals surface area contributed by atoms with Crippen molar-refractivity contribution in [3.63, 3.8) is 0 Å². The summed E-state index contributed by atoms with van der Waals surface area (Å²) in [6, 6.07) is 0. The van der Waals surface area contributed by atoms with Gasteiger partial charge in [0, 0.05) is 0 Å². The van der Waals surface area contributed by atoms with Crippen LogP contribution in [0, 0.1) is 23.7 Å². The molecule has 0 amide bonds. The Hall–Kier alpha value is -0.0400. The molecule has 0 aliphatic heterocycles. The molecule has 12 heavy (non-hydrogen) atoms. The molecule has 72 valence electrons. The van der Waals surface area contributed by atoms with Crippen LogP contribution in [0.4, 0.5) is 0 Å². The van der Waals surface area contributed by atoms with E-state index in [-0.39, 0.29) is 0 Å². The maximum absolute atomic E-state index is 5.79. The van der Waals surface area contributed by atoms with Gasteiger partial charge in [0.1, 0.15) is 0 Å². The van der Waals surface area contributed by atoms with Gasteiger partial charge in [-0.2, -0.15) is 0 Å². The molecule has 0 heterocycles. The molecule has 0 unspecified atom stereocenters. The van der Waals surface area contributed by atoms with Crippen molar-refractivity contribution in [1.29, 1.82) is 0 Å². The average Bonchev–Trinajstić information content (AvgIpc) is 2.03. The van der Waals surface area contributed by atoms with Gasteiger partial charge in [0.25, 0.3) is 0 Å². The van der Waals surface area contributed by atoms with Crippen molar-refractivity contribution in [3.05, 3.63) is 0 Å². The summed E-state index contributed by atoms with van der Waals surface area (Å²) in [6.07, 6.45) is 4.18. The highest BCUT2D eigenvalue weighted by Gasteiger charge is 2.29. The molecule has 3 atom stereocenters. The number of nitrogens with two attached hydrogens (primary N) is 1. The lowest BCUT2D eigenvalue weighted by atomic mass is 9.70. The van der Waals surface area contributed by atoms with Gasteiger partial charge in [0.05, 0.1) is 0 Å². The van der Waals surface area contributed by atoms with Gasteiger partial charge in [-0.05, 0) is 43.1 Å². The van der Waals surface area contributed by atoms with Crippen molar-refractivity contribution in [3.8, 4) is 0 Å². The molecular weight excluding hydrogens is 146 g/mol. The molecule has 0 aromatic heterocycles. The van der Waals surface area contributed by atoms with E-state index in [1.54, 1.807) is 0 Å². The largest absolute Gasteiger partial charge is 0.330 e. The number of hydrogen-bond donors (Lipinski definition) is 1. The fourth-order valence-electron chi connectivity index (χ4n) is 2.67. The zero-order valence-electron chi connectivity index (χ0n) is 8.72. The summed E-state index contributed by atoms with van der Waals surface area (Å²) in [7, 11) is 0. The molecule has 1 aliphatic carbocycles. The lowest BCUT2D eigenvalue weighted by molar-refractivity contribution is 0.150. The first kappa shape index (κ1) is 10.0. The van der Waals surface area contributed by atoms with E-state index in [1.165, 1.54) is 19.3 Å². The van der Waals surface area contributed by atoms with Crippen molar-refractivity contribution in [2.75, 3.05) is 6.54 Å². The minimum atomic E-state index is 0.800. The minimum Gasteiger partial charge on any atom is -0.330 e. The van der Waals surface area contributed by atoms with Crippen LogP contribution in [0.1, 0.15) is 40.0 Å². The van der Waals surface area contributed by atoms with E-state index in [1.807, 2.05) is 0 Å². The maximum atomic E-state index is 5.79. The molecule has 0 aromatic rings. The summed E-state index contributed by atoms with van der Waals surface area (Å²) in [4.78, 5) is 0. The highest BCUT2D eigenvalue weighted by molar-refractivity contribution is 4.80. The molecule has 0 aromatic carbocycles. The van der Waals surface area contributed by atoms with Crippen LogP contribution >= 0.6 is 0 Å². The lowest BCUT2D eigenvalue weighted by Gasteiger charge is -2.36. The van der Waals surface area contributed by atoms with E-state index >= 15 is 0 Å². The van der Waals surface area contributed by atoms with Crippen LogP contribution in [-0.2, 0) is 0 Å². The Bertz CT molecular complexity index is 131. The minimum absolute atomic E-state index is 0.800. The Balaban J connectivity index is 2.50. The van der Waals surface area contributed by atoms with E-state index in [0.29, 0.717) is 0 Å². The van der Waals surface area contributed by atoms with Crippen LogP contribution in [0.25, 0.3) is 0 Å². The van der Waals surface area contributed by atoms with E-state index in [2.05, 4.69) is 20.8 Å². The topological polar surface area (TPSA) is 26.0 Å². The maximum Gasteiger partial charge on any atom is -0.00460 e. The van der Waals surface area contributed by atoms with Gasteiger partial charge in [0.2, 0.25) is 0 Å². The third-order valence-corrected chi connectivity index (χ3v) is 3.46. The monoisotopic (exact) mass is 169 g/mol. The zero-order chi connectivity index (χ0) is 9.14. The first-order valence-electron chi connectivity index (χ1n) is 5.35. The Morgan fingerprint density at radius 3 is 2.50 bits per heavy atom. The third-order valence-electron chi connectivity index (χ3n) is 3.46. The van der Waals surface area contributed by atoms with Gasteiger partial charge in [-0.15, -0.1) is 0 Å². The molecule has 0 radical (unpaired) electrons. The van der Waals surface area contributed by atoms with Gasteiger partial charge >= 0.3 is 0 Å². The first-order chi connectivity index (χ1) is 5.65.